The molecule has 1 aliphatic heterocycles. The average molecular weight is 398 g/mol. The Morgan fingerprint density at radius 3 is 2.36 bits per heavy atom. The molecule has 10 heteroatoms. The summed E-state index contributed by atoms with van der Waals surface area (Å²) in [7, 11) is 0. The molecule has 152 valence electrons. The Morgan fingerprint density at radius 2 is 1.79 bits per heavy atom. The van der Waals surface area contributed by atoms with Gasteiger partial charge in [0.15, 0.2) is 6.23 Å². The van der Waals surface area contributed by atoms with Gasteiger partial charge in [-0.3, -0.25) is 13.9 Å². The molecule has 2 aromatic rings. The summed E-state index contributed by atoms with van der Waals surface area (Å²) in [5.74, 6) is -3.50. The fourth-order valence-corrected chi connectivity index (χ4v) is 3.16. The Morgan fingerprint density at radius 1 is 1.14 bits per heavy atom. The van der Waals surface area contributed by atoms with Crippen LogP contribution in [-0.2, 0) is 17.2 Å². The molecule has 1 fully saturated rings. The number of halogens is 2. The van der Waals surface area contributed by atoms with E-state index >= 15 is 0 Å². The maximum absolute atomic E-state index is 14.6. The molecule has 1 aromatic carbocycles. The molecule has 0 aliphatic carbocycles. The fraction of sp³-hybridized carbons (Fsp3) is 0.444. The molecule has 8 nitrogen and oxygen atoms in total. The molecule has 2 heterocycles. The van der Waals surface area contributed by atoms with Crippen LogP contribution in [0.3, 0.4) is 0 Å². The minimum atomic E-state index is -3.50. The van der Waals surface area contributed by atoms with Gasteiger partial charge in [-0.1, -0.05) is 30.3 Å². The third-order valence-electron chi connectivity index (χ3n) is 4.71. The van der Waals surface area contributed by atoms with Crippen molar-refractivity contribution in [3.05, 3.63) is 68.5 Å². The van der Waals surface area contributed by atoms with E-state index in [0.717, 1.165) is 10.8 Å². The van der Waals surface area contributed by atoms with Gasteiger partial charge in [-0.15, -0.1) is 0 Å². The number of rotatable bonds is 5. The van der Waals surface area contributed by atoms with Gasteiger partial charge in [-0.2, -0.15) is 8.78 Å². The van der Waals surface area contributed by atoms with Crippen LogP contribution in [0.2, 0.25) is 0 Å². The zero-order valence-corrected chi connectivity index (χ0v) is 14.9. The number of nitrogens with zero attached hydrogens (tertiary/aromatic N) is 2. The van der Waals surface area contributed by atoms with E-state index in [-0.39, 0.29) is 11.1 Å². The van der Waals surface area contributed by atoms with Crippen molar-refractivity contribution in [2.75, 3.05) is 6.61 Å². The second-order valence-electron chi connectivity index (χ2n) is 6.69. The number of aryl methyl sites for hydroxylation is 1. The van der Waals surface area contributed by atoms with Crippen LogP contribution in [0.15, 0.2) is 46.1 Å². The van der Waals surface area contributed by atoms with Crippen LogP contribution in [0.25, 0.3) is 0 Å². The summed E-state index contributed by atoms with van der Waals surface area (Å²) in [5.41, 5.74) is -2.41. The van der Waals surface area contributed by atoms with Gasteiger partial charge in [0, 0.05) is 17.3 Å². The van der Waals surface area contributed by atoms with Gasteiger partial charge >= 0.3 is 5.69 Å². The van der Waals surface area contributed by atoms with E-state index in [2.05, 4.69) is 0 Å². The molecule has 0 radical (unpaired) electrons. The van der Waals surface area contributed by atoms with Crippen LogP contribution >= 0.6 is 0 Å². The topological polar surface area (TPSA) is 114 Å². The highest BCUT2D eigenvalue weighted by molar-refractivity contribution is 5.20. The van der Waals surface area contributed by atoms with Crippen LogP contribution in [0, 0.1) is 6.92 Å². The zero-order chi connectivity index (χ0) is 20.6. The van der Waals surface area contributed by atoms with Crippen LogP contribution in [0.1, 0.15) is 17.4 Å². The molecular formula is C18H20F2N2O6. The van der Waals surface area contributed by atoms with Crippen molar-refractivity contribution in [3.63, 3.8) is 0 Å². The van der Waals surface area contributed by atoms with E-state index in [1.54, 1.807) is 6.07 Å². The predicted molar refractivity (Wildman–Crippen MR) is 93.0 cm³/mol. The number of aliphatic hydroxyl groups excluding tert-OH is 3. The largest absolute Gasteiger partial charge is 0.394 e. The lowest BCUT2D eigenvalue weighted by Gasteiger charge is -2.22. The van der Waals surface area contributed by atoms with Crippen molar-refractivity contribution in [1.29, 1.82) is 0 Å². The summed E-state index contributed by atoms with van der Waals surface area (Å²) in [4.78, 5) is 25.1. The maximum Gasteiger partial charge on any atom is 0.333 e. The van der Waals surface area contributed by atoms with Gasteiger partial charge in [0.05, 0.1) is 13.2 Å². The van der Waals surface area contributed by atoms with E-state index in [1.165, 1.54) is 31.2 Å². The Balaban J connectivity index is 2.04. The Bertz CT molecular complexity index is 959. The van der Waals surface area contributed by atoms with E-state index in [0.29, 0.717) is 4.57 Å². The zero-order valence-electron chi connectivity index (χ0n) is 14.9. The first kappa shape index (κ1) is 20.3. The molecule has 3 rings (SSSR count). The van der Waals surface area contributed by atoms with Crippen molar-refractivity contribution in [3.8, 4) is 0 Å². The van der Waals surface area contributed by atoms with Crippen molar-refractivity contribution >= 4 is 0 Å². The Labute approximate surface area is 157 Å². The average Bonchev–Trinajstić information content (AvgIpc) is 2.97. The Kier molecular flexibility index (Phi) is 5.48. The van der Waals surface area contributed by atoms with Crippen LogP contribution in [0.4, 0.5) is 8.78 Å². The molecule has 0 amide bonds. The number of alkyl halides is 2. The molecule has 1 aromatic heterocycles. The second-order valence-corrected chi connectivity index (χ2v) is 6.69. The number of hydrogen-bond donors (Lipinski definition) is 3. The molecule has 4 atom stereocenters. The first-order valence-electron chi connectivity index (χ1n) is 8.55. The highest BCUT2D eigenvalue weighted by Gasteiger charge is 2.44. The highest BCUT2D eigenvalue weighted by Crippen LogP contribution is 2.30. The van der Waals surface area contributed by atoms with Crippen molar-refractivity contribution in [2.45, 2.75) is 43.9 Å². The lowest BCUT2D eigenvalue weighted by molar-refractivity contribution is -0.0578. The normalized spacial score (nSPS) is 25.2. The van der Waals surface area contributed by atoms with E-state index in [4.69, 9.17) is 4.74 Å². The number of hydrogen-bond acceptors (Lipinski definition) is 6. The molecule has 0 spiro atoms. The van der Waals surface area contributed by atoms with Gasteiger partial charge in [0.2, 0.25) is 0 Å². The maximum atomic E-state index is 14.6. The van der Waals surface area contributed by atoms with Crippen LogP contribution in [0.5, 0.6) is 0 Å². The molecular weight excluding hydrogens is 378 g/mol. The molecule has 1 saturated heterocycles. The standard InChI is InChI=1S/C18H20F2N2O6/c1-10-7-21(16-14(25)13(24)12(8-23)28-16)17(27)22(15(10)26)9-18(19,20)11-5-3-2-4-6-11/h2-7,12-14,16,23-25H,8-9H2,1H3/t12-,13-,14-,16-/m1/s1. The number of aromatic nitrogens is 2. The van der Waals surface area contributed by atoms with Gasteiger partial charge in [-0.25, -0.2) is 4.79 Å². The predicted octanol–water partition coefficient (Wildman–Crippen LogP) is -0.278. The fourth-order valence-electron chi connectivity index (χ4n) is 3.16. The lowest BCUT2D eigenvalue weighted by atomic mass is 10.1. The van der Waals surface area contributed by atoms with Crippen LogP contribution in [-0.4, -0.2) is 49.4 Å². The van der Waals surface area contributed by atoms with Gasteiger partial charge < -0.3 is 20.1 Å². The third kappa shape index (κ3) is 3.51. The molecule has 28 heavy (non-hydrogen) atoms. The number of ether oxygens (including phenoxy) is 1. The first-order chi connectivity index (χ1) is 13.2. The second kappa shape index (κ2) is 7.55. The quantitative estimate of drug-likeness (QED) is 0.639. The first-order valence-corrected chi connectivity index (χ1v) is 8.55. The molecule has 0 saturated carbocycles. The van der Waals surface area contributed by atoms with Crippen molar-refractivity contribution in [2.24, 2.45) is 0 Å². The number of benzene rings is 1. The summed E-state index contributed by atoms with van der Waals surface area (Å²) < 4.78 is 35.7. The van der Waals surface area contributed by atoms with Gasteiger partial charge in [-0.05, 0) is 6.92 Å². The van der Waals surface area contributed by atoms with Crippen LogP contribution < -0.4 is 11.2 Å². The van der Waals surface area contributed by atoms with E-state index in [1.807, 2.05) is 0 Å². The molecule has 1 aliphatic rings. The van der Waals surface area contributed by atoms with E-state index < -0.39 is 54.9 Å². The molecule has 0 unspecified atom stereocenters. The van der Waals surface area contributed by atoms with E-state index in [9.17, 15) is 33.7 Å². The minimum absolute atomic E-state index is 0.0267. The SMILES string of the molecule is Cc1cn([C@@H]2O[C@H](CO)[C@@H](O)[C@H]2O)c(=O)n(CC(F)(F)c2ccccc2)c1=O. The monoisotopic (exact) mass is 398 g/mol. The summed E-state index contributed by atoms with van der Waals surface area (Å²) in [5, 5.41) is 29.2. The lowest BCUT2D eigenvalue weighted by Crippen LogP contribution is -2.46. The number of aliphatic hydroxyl groups is 3. The third-order valence-corrected chi connectivity index (χ3v) is 4.71. The van der Waals surface area contributed by atoms with Gasteiger partial charge in [0.1, 0.15) is 18.3 Å². The minimum Gasteiger partial charge on any atom is -0.394 e. The summed E-state index contributed by atoms with van der Waals surface area (Å²) in [6.07, 6.45) is -4.58. The highest BCUT2D eigenvalue weighted by atomic mass is 19.3. The van der Waals surface area contributed by atoms with Gasteiger partial charge in [0.25, 0.3) is 11.5 Å². The summed E-state index contributed by atoms with van der Waals surface area (Å²) >= 11 is 0. The molecule has 3 N–H and O–H groups in total. The van der Waals surface area contributed by atoms with Crippen molar-refractivity contribution in [1.82, 2.24) is 9.13 Å². The van der Waals surface area contributed by atoms with Crippen molar-refractivity contribution < 1.29 is 28.8 Å². The summed E-state index contributed by atoms with van der Waals surface area (Å²) in [6.45, 7) is -0.490. The molecule has 0 bridgehead atoms. The smallest absolute Gasteiger partial charge is 0.333 e. The Hall–Kier alpha value is -2.40. The summed E-state index contributed by atoms with van der Waals surface area (Å²) in [6, 6.07) is 6.77.